The van der Waals surface area contributed by atoms with Crippen LogP contribution in [0.15, 0.2) is 0 Å². The minimum atomic E-state index is -5.18. The Labute approximate surface area is 287 Å². The summed E-state index contributed by atoms with van der Waals surface area (Å²) in [5.74, 6) is 0. The monoisotopic (exact) mass is 762 g/mol. The van der Waals surface area contributed by atoms with Gasteiger partial charge in [-0.2, -0.15) is 0 Å². The molecule has 10 nitrogen and oxygen atoms in total. The molecule has 0 rings (SSSR count). The first kappa shape index (κ1) is 45.9. The van der Waals surface area contributed by atoms with E-state index >= 15 is 0 Å². The molecule has 0 aliphatic rings. The number of hydrogen-bond donors (Lipinski definition) is 0. The van der Waals surface area contributed by atoms with Crippen LogP contribution in [0.2, 0.25) is 0 Å². The average Bonchev–Trinajstić information content (AvgIpc) is 3.02. The third kappa shape index (κ3) is 22.3. The average molecular weight is 764 g/mol. The molecule has 0 spiro atoms. The van der Waals surface area contributed by atoms with Gasteiger partial charge >= 0.3 is 288 Å². The molecule has 0 N–H and O–H groups in total. The molecule has 0 aliphatic carbocycles. The van der Waals surface area contributed by atoms with Gasteiger partial charge in [0.2, 0.25) is 0 Å². The van der Waals surface area contributed by atoms with E-state index in [4.69, 9.17) is 37.2 Å². The van der Waals surface area contributed by atoms with Crippen LogP contribution in [0, 0.1) is 0 Å². The van der Waals surface area contributed by atoms with E-state index in [9.17, 15) is 0 Å². The first-order chi connectivity index (χ1) is 21.9. The molecule has 272 valence electrons. The van der Waals surface area contributed by atoms with Gasteiger partial charge in [-0.3, -0.25) is 0 Å². The maximum absolute atomic E-state index is 7.04. The Morgan fingerprint density at radius 2 is 0.511 bits per heavy atom. The maximum atomic E-state index is 7.04. The van der Waals surface area contributed by atoms with Crippen molar-refractivity contribution in [2.75, 3.05) is 52.9 Å². The molecule has 0 unspecified atom stereocenters. The molecule has 0 amide bonds. The van der Waals surface area contributed by atoms with Crippen LogP contribution in [0.5, 0.6) is 0 Å². The summed E-state index contributed by atoms with van der Waals surface area (Å²) in [7, 11) is -7.61. The van der Waals surface area contributed by atoms with Gasteiger partial charge in [-0.25, -0.2) is 0 Å². The van der Waals surface area contributed by atoms with Crippen molar-refractivity contribution >= 4 is 18.1 Å². The van der Waals surface area contributed by atoms with Crippen LogP contribution in [0.3, 0.4) is 0 Å². The number of hydrogen-bond acceptors (Lipinski definition) is 10. The molecule has 0 saturated heterocycles. The first-order valence-electron chi connectivity index (χ1n) is 18.4. The second-order valence-corrected chi connectivity index (χ2v) is 22.3. The van der Waals surface area contributed by atoms with E-state index < -0.39 is 40.1 Å². The van der Waals surface area contributed by atoms with Gasteiger partial charge in [0.15, 0.2) is 0 Å². The summed E-state index contributed by atoms with van der Waals surface area (Å²) in [6.45, 7) is 20.5. The van der Waals surface area contributed by atoms with Crippen LogP contribution in [-0.2, 0) is 59.2 Å². The summed E-state index contributed by atoms with van der Waals surface area (Å²) in [6, 6.07) is 0. The van der Waals surface area contributed by atoms with Crippen LogP contribution in [0.4, 0.5) is 0 Å². The van der Waals surface area contributed by atoms with Crippen molar-refractivity contribution in [3.8, 4) is 0 Å². The Hall–Kier alpha value is 0.917. The van der Waals surface area contributed by atoms with Gasteiger partial charge in [0.1, 0.15) is 0 Å². The van der Waals surface area contributed by atoms with Crippen molar-refractivity contribution in [1.82, 2.24) is 0 Å². The Kier molecular flexibility index (Phi) is 31.6. The summed E-state index contributed by atoms with van der Waals surface area (Å²) >= 11 is -5.18. The molecule has 0 aliphatic heterocycles. The van der Waals surface area contributed by atoms with Crippen LogP contribution in [0.1, 0.15) is 158 Å². The standard InChI is InChI=1S/2C12H27O4Si.2C4H9O.Zr/c2*1-4-7-10-14-17(13,15-11-8-5-2)16-12-9-6-3;2*1-2-3-4-5;/h2*4-12H2,1-3H3;2*2-4H2,1H3;/q4*-1;+4. The molecule has 0 atom stereocenters. The van der Waals surface area contributed by atoms with Crippen LogP contribution in [0.25, 0.3) is 0 Å². The number of rotatable bonds is 36. The summed E-state index contributed by atoms with van der Waals surface area (Å²) < 4.78 is 66.6. The fourth-order valence-corrected chi connectivity index (χ4v) is 19.8. The van der Waals surface area contributed by atoms with E-state index in [-0.39, 0.29) is 0 Å². The van der Waals surface area contributed by atoms with Gasteiger partial charge in [0.05, 0.1) is 0 Å². The normalized spacial score (nSPS) is 12.8. The third-order valence-electron chi connectivity index (χ3n) is 6.71. The minimum absolute atomic E-state index is 0.408. The predicted molar refractivity (Wildman–Crippen MR) is 181 cm³/mol. The Bertz CT molecular complexity index is 534. The molecule has 0 fully saturated rings. The van der Waals surface area contributed by atoms with E-state index in [1.807, 2.05) is 0 Å². The van der Waals surface area contributed by atoms with Crippen molar-refractivity contribution in [2.45, 2.75) is 158 Å². The SMILES string of the molecule is CCCCO[Si](OCCCC)(OCCCC)[O][Zr]([O]CCCC)([O]CCCC)[O][Si](OCCCC)(OCCCC)OCCCC. The van der Waals surface area contributed by atoms with E-state index in [2.05, 4.69) is 55.4 Å². The van der Waals surface area contributed by atoms with E-state index in [0.717, 1.165) is 103 Å². The first-order valence-corrected chi connectivity index (χ1v) is 25.7. The molecule has 0 aromatic heterocycles. The molecule has 0 radical (unpaired) electrons. The van der Waals surface area contributed by atoms with E-state index in [1.165, 1.54) is 0 Å². The van der Waals surface area contributed by atoms with E-state index in [1.54, 1.807) is 0 Å². The molecule has 0 saturated carbocycles. The molecule has 45 heavy (non-hydrogen) atoms. The Balaban J connectivity index is 7.05. The van der Waals surface area contributed by atoms with Gasteiger partial charge in [-0.05, 0) is 0 Å². The summed E-state index contributed by atoms with van der Waals surface area (Å²) in [6.07, 6.45) is 14.4. The summed E-state index contributed by atoms with van der Waals surface area (Å²) in [5.41, 5.74) is 0. The topological polar surface area (TPSA) is 92.3 Å². The van der Waals surface area contributed by atoms with Crippen LogP contribution in [-0.4, -0.2) is 71.0 Å². The van der Waals surface area contributed by atoms with Gasteiger partial charge in [-0.15, -0.1) is 0 Å². The molecule has 13 heteroatoms. The second kappa shape index (κ2) is 30.9. The summed E-state index contributed by atoms with van der Waals surface area (Å²) in [4.78, 5) is 0. The predicted octanol–water partition coefficient (Wildman–Crippen LogP) is 9.24. The van der Waals surface area contributed by atoms with E-state index in [0.29, 0.717) is 52.9 Å². The quantitative estimate of drug-likeness (QED) is 0.0454. The van der Waals surface area contributed by atoms with Crippen molar-refractivity contribution in [1.29, 1.82) is 0 Å². The van der Waals surface area contributed by atoms with Gasteiger partial charge < -0.3 is 0 Å². The zero-order valence-electron chi connectivity index (χ0n) is 30.6. The van der Waals surface area contributed by atoms with Gasteiger partial charge in [0.25, 0.3) is 0 Å². The summed E-state index contributed by atoms with van der Waals surface area (Å²) in [5, 5.41) is 0. The zero-order valence-corrected chi connectivity index (χ0v) is 35.0. The zero-order chi connectivity index (χ0) is 33.5. The Morgan fingerprint density at radius 3 is 0.711 bits per heavy atom. The van der Waals surface area contributed by atoms with Crippen molar-refractivity contribution in [3.05, 3.63) is 0 Å². The van der Waals surface area contributed by atoms with Crippen molar-refractivity contribution in [3.63, 3.8) is 0 Å². The molecule has 0 aromatic carbocycles. The number of unbranched alkanes of at least 4 members (excludes halogenated alkanes) is 8. The van der Waals surface area contributed by atoms with Crippen LogP contribution >= 0.6 is 0 Å². The van der Waals surface area contributed by atoms with Crippen molar-refractivity contribution < 1.29 is 59.2 Å². The van der Waals surface area contributed by atoms with Crippen molar-refractivity contribution in [2.24, 2.45) is 0 Å². The second-order valence-electron chi connectivity index (χ2n) is 11.3. The fraction of sp³-hybridized carbons (Fsp3) is 1.00. The molecule has 0 aromatic rings. The Morgan fingerprint density at radius 1 is 0.311 bits per heavy atom. The molecule has 0 bridgehead atoms. The van der Waals surface area contributed by atoms with Gasteiger partial charge in [0, 0.05) is 0 Å². The molecular formula is C32H72O10Si2Zr. The third-order valence-corrected chi connectivity index (χ3v) is 21.2. The fourth-order valence-electron chi connectivity index (χ4n) is 3.65. The molecular weight excluding hydrogens is 692 g/mol. The van der Waals surface area contributed by atoms with Gasteiger partial charge in [-0.1, -0.05) is 0 Å². The van der Waals surface area contributed by atoms with Crippen LogP contribution < -0.4 is 0 Å². The molecule has 0 heterocycles.